The van der Waals surface area contributed by atoms with Crippen LogP contribution in [0.1, 0.15) is 58.8 Å². The number of amides is 10. The fraction of sp³-hybridized carbons (Fsp3) is 0.382. The lowest BCUT2D eigenvalue weighted by molar-refractivity contribution is -0.137. The zero-order valence-corrected chi connectivity index (χ0v) is 46.5. The number of primary amides is 2. The Balaban J connectivity index is 1.59. The van der Waals surface area contributed by atoms with Crippen LogP contribution >= 0.6 is 23.4 Å². The molecule has 440 valence electrons. The number of benzene rings is 4. The van der Waals surface area contributed by atoms with Gasteiger partial charge in [-0.15, -0.1) is 0 Å². The Morgan fingerprint density at radius 1 is 0.671 bits per heavy atom. The van der Waals surface area contributed by atoms with E-state index in [4.69, 9.17) is 28.8 Å². The van der Waals surface area contributed by atoms with Gasteiger partial charge >= 0.3 is 0 Å². The zero-order valence-electron chi connectivity index (χ0n) is 44.9. The second-order valence-electron chi connectivity index (χ2n) is 19.5. The summed E-state index contributed by atoms with van der Waals surface area (Å²) in [5.74, 6) is -9.47. The monoisotopic (exact) mass is 1170 g/mol. The average molecular weight is 1170 g/mol. The lowest BCUT2D eigenvalue weighted by Crippen LogP contribution is -2.63. The summed E-state index contributed by atoms with van der Waals surface area (Å²) < 4.78 is 0. The molecule has 27 heteroatoms. The lowest BCUT2D eigenvalue weighted by Gasteiger charge is -2.28. The van der Waals surface area contributed by atoms with E-state index in [1.807, 2.05) is 0 Å². The molecule has 0 bridgehead atoms. The summed E-state index contributed by atoms with van der Waals surface area (Å²) in [5.41, 5.74) is 19.5. The Morgan fingerprint density at radius 3 is 1.73 bits per heavy atom. The largest absolute Gasteiger partial charge is 0.508 e. The first kappa shape index (κ1) is 64.5. The SMILES string of the molecule is CNCCCC[C@@H]1NC(=O)[C@@H](Cc2ccc(C(N)=O)cc2)NC(=O)[C@H](Cc2ccc(O)cc2)NC(=O)[C@H](NC(=O)[C@@H](N)Cc2ccc(Cl)cc2)CSC(=O)NC[C@@H](C(=O)N[C@H](Cc2ccc(O)cc2)C(N)=O)NC(=O)[C@H]([C@@H](C)O)NC1=O. The van der Waals surface area contributed by atoms with Gasteiger partial charge in [-0.3, -0.25) is 47.9 Å². The van der Waals surface area contributed by atoms with Crippen LogP contribution in [0.2, 0.25) is 5.02 Å². The van der Waals surface area contributed by atoms with E-state index in [1.165, 1.54) is 79.7 Å². The molecule has 1 fully saturated rings. The fourth-order valence-electron chi connectivity index (χ4n) is 8.38. The minimum atomic E-state index is -1.84. The van der Waals surface area contributed by atoms with Crippen molar-refractivity contribution in [1.29, 1.82) is 0 Å². The van der Waals surface area contributed by atoms with Crippen molar-refractivity contribution in [2.75, 3.05) is 25.9 Å². The Bertz CT molecular complexity index is 2890. The van der Waals surface area contributed by atoms with Crippen molar-refractivity contribution in [1.82, 2.24) is 47.9 Å². The molecule has 0 aromatic heterocycles. The number of halogens is 1. The molecule has 82 heavy (non-hydrogen) atoms. The van der Waals surface area contributed by atoms with Gasteiger partial charge in [0.05, 0.1) is 12.1 Å². The molecule has 25 nitrogen and oxygen atoms in total. The van der Waals surface area contributed by atoms with Crippen molar-refractivity contribution in [2.24, 2.45) is 17.2 Å². The molecule has 4 aromatic rings. The highest BCUT2D eigenvalue weighted by molar-refractivity contribution is 8.13. The van der Waals surface area contributed by atoms with Gasteiger partial charge in [-0.1, -0.05) is 71.9 Å². The molecule has 1 aliphatic heterocycles. The van der Waals surface area contributed by atoms with Crippen molar-refractivity contribution in [3.05, 3.63) is 130 Å². The molecule has 0 saturated carbocycles. The Hall–Kier alpha value is -8.30. The first-order chi connectivity index (χ1) is 39.0. The Morgan fingerprint density at radius 2 is 1.18 bits per heavy atom. The molecule has 9 atom stereocenters. The van der Waals surface area contributed by atoms with Gasteiger partial charge in [-0.05, 0) is 117 Å². The summed E-state index contributed by atoms with van der Waals surface area (Å²) in [5, 5.41) is 53.7. The molecular weight excluding hydrogens is 1100 g/mol. The highest BCUT2D eigenvalue weighted by Gasteiger charge is 2.37. The first-order valence-electron chi connectivity index (χ1n) is 26.1. The van der Waals surface area contributed by atoms with Gasteiger partial charge < -0.3 is 80.4 Å². The van der Waals surface area contributed by atoms with Crippen molar-refractivity contribution >= 4 is 81.8 Å². The summed E-state index contributed by atoms with van der Waals surface area (Å²) in [6.07, 6.45) is -1.70. The number of aliphatic hydroxyl groups excluding tert-OH is 1. The molecule has 1 aliphatic rings. The maximum Gasteiger partial charge on any atom is 0.279 e. The number of hydrogen-bond donors (Lipinski definition) is 15. The Kier molecular flexibility index (Phi) is 24.9. The number of carbonyl (C=O) groups excluding carboxylic acids is 10. The van der Waals surface area contributed by atoms with Crippen LogP contribution in [0.3, 0.4) is 0 Å². The number of aliphatic hydroxyl groups is 1. The average Bonchev–Trinajstić information content (AvgIpc) is 3.60. The van der Waals surface area contributed by atoms with E-state index in [2.05, 4.69) is 47.9 Å². The molecular formula is C55H69ClN12O13S. The second-order valence-corrected chi connectivity index (χ2v) is 20.9. The summed E-state index contributed by atoms with van der Waals surface area (Å²) in [6, 6.07) is 11.0. The summed E-state index contributed by atoms with van der Waals surface area (Å²) >= 11 is 6.49. The molecule has 10 amide bonds. The number of nitrogens with one attached hydrogen (secondary N) is 9. The van der Waals surface area contributed by atoms with Crippen LogP contribution in [0.25, 0.3) is 0 Å². The number of phenols is 2. The third-order valence-electron chi connectivity index (χ3n) is 13.0. The number of rotatable bonds is 20. The predicted molar refractivity (Wildman–Crippen MR) is 303 cm³/mol. The van der Waals surface area contributed by atoms with Crippen molar-refractivity contribution in [2.45, 2.75) is 106 Å². The maximum atomic E-state index is 14.8. The van der Waals surface area contributed by atoms with Gasteiger partial charge in [0.25, 0.3) is 5.24 Å². The van der Waals surface area contributed by atoms with Crippen molar-refractivity contribution in [3.8, 4) is 11.5 Å². The molecule has 4 aromatic carbocycles. The van der Waals surface area contributed by atoms with Crippen molar-refractivity contribution in [3.63, 3.8) is 0 Å². The van der Waals surface area contributed by atoms with Gasteiger partial charge in [0.1, 0.15) is 53.8 Å². The maximum absolute atomic E-state index is 14.8. The first-order valence-corrected chi connectivity index (χ1v) is 27.5. The van der Waals surface area contributed by atoms with E-state index in [1.54, 1.807) is 31.3 Å². The normalized spacial score (nSPS) is 20.8. The zero-order chi connectivity index (χ0) is 60.0. The number of unbranched alkanes of at least 4 members (excludes halogenated alkanes) is 1. The van der Waals surface area contributed by atoms with Gasteiger partial charge in [-0.2, -0.15) is 0 Å². The molecule has 0 spiro atoms. The standard InChI is InChI=1S/C55H69ClN12O13S/c1-29(69)45-54(80)66-43(52(78)63-40(47(59)73)24-32-10-18-36(70)19-11-32)27-61-55(81)82-28-44(67-48(74)38(57)23-30-8-16-35(56)17-9-30)53(79)65-42(26-33-12-20-37(71)21-13-33)51(77)64-41(25-31-6-14-34(15-7-31)46(58)72)50(76)62-39(49(75)68-45)5-3-4-22-60-2/h6-21,29,38-45,60,69-71H,3-5,22-28,57H2,1-2H3,(H2,58,72)(H2,59,73)(H,61,81)(H,62,76)(H,63,78)(H,64,77)(H,65,79)(H,66,80)(H,67,74)(H,68,75)/t29-,38+,39+,40-,41-,42+,43+,44-,45+/m1/s1. The van der Waals surface area contributed by atoms with E-state index in [9.17, 15) is 63.3 Å². The third-order valence-corrected chi connectivity index (χ3v) is 14.2. The van der Waals surface area contributed by atoms with Crippen LogP contribution in [0.15, 0.2) is 97.1 Å². The number of hydrogen-bond acceptors (Lipinski definition) is 16. The summed E-state index contributed by atoms with van der Waals surface area (Å²) in [4.78, 5) is 139. The molecule has 5 rings (SSSR count). The number of aromatic hydroxyl groups is 2. The van der Waals surface area contributed by atoms with Crippen LogP contribution < -0.4 is 65.1 Å². The van der Waals surface area contributed by atoms with Crippen LogP contribution in [-0.4, -0.2) is 154 Å². The van der Waals surface area contributed by atoms with Gasteiger partial charge in [-0.25, -0.2) is 0 Å². The minimum Gasteiger partial charge on any atom is -0.508 e. The van der Waals surface area contributed by atoms with Gasteiger partial charge in [0.2, 0.25) is 53.2 Å². The Labute approximate surface area is 481 Å². The van der Waals surface area contributed by atoms with Gasteiger partial charge in [0, 0.05) is 42.1 Å². The van der Waals surface area contributed by atoms with Crippen LogP contribution in [0.4, 0.5) is 4.79 Å². The molecule has 0 unspecified atom stereocenters. The second kappa shape index (κ2) is 31.6. The van der Waals surface area contributed by atoms with E-state index >= 15 is 0 Å². The van der Waals surface area contributed by atoms with Gasteiger partial charge in [0.15, 0.2) is 0 Å². The van der Waals surface area contributed by atoms with Crippen LogP contribution in [0.5, 0.6) is 11.5 Å². The summed E-state index contributed by atoms with van der Waals surface area (Å²) in [6.45, 7) is 0.939. The van der Waals surface area contributed by atoms with Crippen molar-refractivity contribution < 1.29 is 63.3 Å². The fourth-order valence-corrected chi connectivity index (χ4v) is 9.24. The van der Waals surface area contributed by atoms with E-state index in [0.29, 0.717) is 58.4 Å². The third kappa shape index (κ3) is 20.7. The summed E-state index contributed by atoms with van der Waals surface area (Å²) in [7, 11) is 1.71. The lowest BCUT2D eigenvalue weighted by atomic mass is 10.00. The van der Waals surface area contributed by atoms with E-state index in [-0.39, 0.29) is 49.2 Å². The highest BCUT2D eigenvalue weighted by atomic mass is 35.5. The highest BCUT2D eigenvalue weighted by Crippen LogP contribution is 2.17. The topological polar surface area (TPSA) is 418 Å². The van der Waals surface area contributed by atoms with E-state index < -0.39 is 125 Å². The quantitative estimate of drug-likeness (QED) is 0.0451. The number of phenolic OH excluding ortho intramolecular Hbond substituents is 2. The van der Waals surface area contributed by atoms with E-state index in [0.717, 1.165) is 0 Å². The molecule has 1 saturated heterocycles. The number of thioether (sulfide) groups is 1. The predicted octanol–water partition coefficient (Wildman–Crippen LogP) is -1.45. The molecule has 18 N–H and O–H groups in total. The minimum absolute atomic E-state index is 0.0277. The molecule has 0 radical (unpaired) electrons. The number of nitrogens with two attached hydrogens (primary N) is 3. The molecule has 1 heterocycles. The van der Waals surface area contributed by atoms with Crippen LogP contribution in [0, 0.1) is 0 Å². The smallest absolute Gasteiger partial charge is 0.279 e. The molecule has 0 aliphatic carbocycles. The number of carbonyl (C=O) groups is 10. The van der Waals surface area contributed by atoms with Crippen LogP contribution in [-0.2, 0) is 64.0 Å².